The molecule has 3 aromatic carbocycles. The van der Waals surface area contributed by atoms with Gasteiger partial charge in [-0.05, 0) is 29.4 Å². The van der Waals surface area contributed by atoms with Gasteiger partial charge in [-0.25, -0.2) is 0 Å². The Hall–Kier alpha value is -2.74. The largest absolute Gasteiger partial charge is 0.508 e. The molecule has 1 aliphatic heterocycles. The highest BCUT2D eigenvalue weighted by molar-refractivity contribution is 5.96. The van der Waals surface area contributed by atoms with Gasteiger partial charge in [-0.15, -0.1) is 0 Å². The topological polar surface area (TPSA) is 32.3 Å². The summed E-state index contributed by atoms with van der Waals surface area (Å²) in [6.07, 6.45) is 5.67. The normalized spacial score (nSPS) is 24.4. The van der Waals surface area contributed by atoms with Gasteiger partial charge in [-0.2, -0.15) is 0 Å². The second-order valence-electron chi connectivity index (χ2n) is 6.79. The van der Waals surface area contributed by atoms with Crippen LogP contribution in [0.5, 0.6) is 5.75 Å². The van der Waals surface area contributed by atoms with E-state index < -0.39 is 0 Å². The van der Waals surface area contributed by atoms with Crippen LogP contribution in [0.25, 0.3) is 10.8 Å². The Morgan fingerprint density at radius 1 is 0.875 bits per heavy atom. The van der Waals surface area contributed by atoms with E-state index in [4.69, 9.17) is 0 Å². The van der Waals surface area contributed by atoms with Gasteiger partial charge in [0, 0.05) is 22.6 Å². The number of nitrogens with one attached hydrogen (secondary N) is 1. The van der Waals surface area contributed by atoms with Gasteiger partial charge < -0.3 is 10.4 Å². The summed E-state index contributed by atoms with van der Waals surface area (Å²) in [6, 6.07) is 20.8. The molecule has 3 unspecified atom stereocenters. The Balaban J connectivity index is 1.72. The van der Waals surface area contributed by atoms with E-state index in [1.807, 2.05) is 18.2 Å². The molecule has 1 heterocycles. The van der Waals surface area contributed by atoms with E-state index in [1.165, 1.54) is 22.0 Å². The van der Waals surface area contributed by atoms with E-state index in [9.17, 15) is 5.11 Å². The first-order valence-corrected chi connectivity index (χ1v) is 8.55. The lowest BCUT2D eigenvalue weighted by molar-refractivity contribution is 0.403. The zero-order valence-corrected chi connectivity index (χ0v) is 13.3. The maximum atomic E-state index is 10.4. The molecular weight excluding hydrogens is 294 g/mol. The third kappa shape index (κ3) is 1.89. The molecule has 2 aliphatic rings. The van der Waals surface area contributed by atoms with E-state index in [2.05, 4.69) is 53.9 Å². The molecule has 0 saturated carbocycles. The molecule has 3 aromatic rings. The third-order valence-corrected chi connectivity index (χ3v) is 5.53. The predicted octanol–water partition coefficient (Wildman–Crippen LogP) is 5.37. The summed E-state index contributed by atoms with van der Waals surface area (Å²) in [4.78, 5) is 0. The highest BCUT2D eigenvalue weighted by Gasteiger charge is 2.39. The quantitative estimate of drug-likeness (QED) is 0.592. The minimum atomic E-state index is 0.129. The SMILES string of the molecule is Oc1ccccc1C1Nc2c(ccc3ccccc23)C2C=CCC21. The first kappa shape index (κ1) is 13.7. The van der Waals surface area contributed by atoms with Gasteiger partial charge in [0.2, 0.25) is 0 Å². The smallest absolute Gasteiger partial charge is 0.120 e. The molecule has 118 valence electrons. The molecule has 2 N–H and O–H groups in total. The van der Waals surface area contributed by atoms with Crippen LogP contribution in [0.4, 0.5) is 5.69 Å². The van der Waals surface area contributed by atoms with Crippen molar-refractivity contribution in [1.82, 2.24) is 0 Å². The summed E-state index contributed by atoms with van der Waals surface area (Å²) in [5.74, 6) is 1.24. The van der Waals surface area contributed by atoms with Gasteiger partial charge in [-0.1, -0.05) is 66.7 Å². The number of fused-ring (bicyclic) bond motifs is 5. The first-order chi connectivity index (χ1) is 11.8. The van der Waals surface area contributed by atoms with Crippen LogP contribution < -0.4 is 5.32 Å². The molecule has 0 saturated heterocycles. The number of phenolic OH excluding ortho intramolecular Hbond substituents is 1. The average Bonchev–Trinajstić information content (AvgIpc) is 3.11. The summed E-state index contributed by atoms with van der Waals surface area (Å²) in [7, 11) is 0. The van der Waals surface area contributed by atoms with E-state index in [0.29, 0.717) is 17.6 Å². The number of phenols is 1. The molecule has 2 heteroatoms. The summed E-state index contributed by atoms with van der Waals surface area (Å²) in [5.41, 5.74) is 3.59. The minimum Gasteiger partial charge on any atom is -0.508 e. The number of allylic oxidation sites excluding steroid dienone is 2. The molecule has 24 heavy (non-hydrogen) atoms. The minimum absolute atomic E-state index is 0.129. The van der Waals surface area contributed by atoms with Crippen LogP contribution in [-0.2, 0) is 0 Å². The van der Waals surface area contributed by atoms with Crippen LogP contribution in [0.1, 0.15) is 29.5 Å². The van der Waals surface area contributed by atoms with E-state index in [0.717, 1.165) is 12.0 Å². The van der Waals surface area contributed by atoms with Crippen LogP contribution in [0.15, 0.2) is 72.8 Å². The number of rotatable bonds is 1. The second kappa shape index (κ2) is 5.13. The van der Waals surface area contributed by atoms with Crippen LogP contribution >= 0.6 is 0 Å². The third-order valence-electron chi connectivity index (χ3n) is 5.53. The van der Waals surface area contributed by atoms with E-state index in [-0.39, 0.29) is 6.04 Å². The van der Waals surface area contributed by atoms with Crippen molar-refractivity contribution in [2.75, 3.05) is 5.32 Å². The number of benzene rings is 3. The predicted molar refractivity (Wildman–Crippen MR) is 98.4 cm³/mol. The van der Waals surface area contributed by atoms with Crippen LogP contribution in [-0.4, -0.2) is 5.11 Å². The highest BCUT2D eigenvalue weighted by atomic mass is 16.3. The monoisotopic (exact) mass is 313 g/mol. The summed E-state index contributed by atoms with van der Waals surface area (Å²) < 4.78 is 0. The molecule has 0 bridgehead atoms. The molecule has 3 atom stereocenters. The van der Waals surface area contributed by atoms with Gasteiger partial charge in [0.05, 0.1) is 6.04 Å². The lowest BCUT2D eigenvalue weighted by Crippen LogP contribution is -2.29. The number of anilines is 1. The second-order valence-corrected chi connectivity index (χ2v) is 6.79. The average molecular weight is 313 g/mol. The Bertz CT molecular complexity index is 959. The Kier molecular flexibility index (Phi) is 2.93. The molecule has 0 spiro atoms. The lowest BCUT2D eigenvalue weighted by Gasteiger charge is -2.38. The van der Waals surface area contributed by atoms with Crippen molar-refractivity contribution in [3.05, 3.63) is 83.9 Å². The molecule has 0 aromatic heterocycles. The van der Waals surface area contributed by atoms with Gasteiger partial charge in [0.1, 0.15) is 5.75 Å². The maximum absolute atomic E-state index is 10.4. The number of hydrogen-bond donors (Lipinski definition) is 2. The molecule has 0 radical (unpaired) electrons. The molecule has 2 nitrogen and oxygen atoms in total. The van der Waals surface area contributed by atoms with Crippen molar-refractivity contribution >= 4 is 16.5 Å². The van der Waals surface area contributed by atoms with Crippen molar-refractivity contribution in [1.29, 1.82) is 0 Å². The van der Waals surface area contributed by atoms with E-state index in [1.54, 1.807) is 6.07 Å². The summed E-state index contributed by atoms with van der Waals surface area (Å²) in [6.45, 7) is 0. The Morgan fingerprint density at radius 3 is 2.62 bits per heavy atom. The van der Waals surface area contributed by atoms with Crippen LogP contribution in [0.3, 0.4) is 0 Å². The van der Waals surface area contributed by atoms with Gasteiger partial charge in [0.15, 0.2) is 0 Å². The number of aromatic hydroxyl groups is 1. The fourth-order valence-electron chi connectivity index (χ4n) is 4.40. The van der Waals surface area contributed by atoms with Crippen molar-refractivity contribution in [2.45, 2.75) is 18.4 Å². The van der Waals surface area contributed by atoms with E-state index >= 15 is 0 Å². The Labute approximate surface area is 141 Å². The molecule has 5 rings (SSSR count). The zero-order chi connectivity index (χ0) is 16.1. The number of para-hydroxylation sites is 1. The van der Waals surface area contributed by atoms with Crippen molar-refractivity contribution in [2.24, 2.45) is 5.92 Å². The summed E-state index contributed by atoms with van der Waals surface area (Å²) >= 11 is 0. The van der Waals surface area contributed by atoms with Crippen LogP contribution in [0, 0.1) is 5.92 Å². The van der Waals surface area contributed by atoms with Crippen molar-refractivity contribution in [3.63, 3.8) is 0 Å². The van der Waals surface area contributed by atoms with Crippen molar-refractivity contribution in [3.8, 4) is 5.75 Å². The standard InChI is InChI=1S/C22H19NO/c24-20-11-4-3-8-19(20)22-17-10-5-9-16(17)18-13-12-14-6-1-2-7-15(14)21(18)23-22/h1-9,11-13,16-17,22-24H,10H2. The van der Waals surface area contributed by atoms with Gasteiger partial charge in [0.25, 0.3) is 0 Å². The molecule has 0 fully saturated rings. The fourth-order valence-corrected chi connectivity index (χ4v) is 4.40. The zero-order valence-electron chi connectivity index (χ0n) is 13.3. The van der Waals surface area contributed by atoms with Crippen LogP contribution in [0.2, 0.25) is 0 Å². The first-order valence-electron chi connectivity index (χ1n) is 8.55. The highest BCUT2D eigenvalue weighted by Crippen LogP contribution is 2.52. The number of hydrogen-bond acceptors (Lipinski definition) is 2. The lowest BCUT2D eigenvalue weighted by atomic mass is 9.76. The molecule has 0 amide bonds. The van der Waals surface area contributed by atoms with Crippen molar-refractivity contribution < 1.29 is 5.11 Å². The maximum Gasteiger partial charge on any atom is 0.120 e. The molecular formula is C22H19NO. The van der Waals surface area contributed by atoms with Gasteiger partial charge in [-0.3, -0.25) is 0 Å². The molecule has 1 aliphatic carbocycles. The van der Waals surface area contributed by atoms with Gasteiger partial charge >= 0.3 is 0 Å². The summed E-state index contributed by atoms with van der Waals surface area (Å²) in [5, 5.41) is 16.7. The Morgan fingerprint density at radius 2 is 1.71 bits per heavy atom. The fraction of sp³-hybridized carbons (Fsp3) is 0.182.